The second-order valence-corrected chi connectivity index (χ2v) is 7.54. The minimum absolute atomic E-state index is 0.153. The molecule has 4 heteroatoms. The molecule has 0 unspecified atom stereocenters. The molecular weight excluding hydrogens is 346 g/mol. The number of benzene rings is 2. The van der Waals surface area contributed by atoms with Crippen molar-refractivity contribution in [1.29, 1.82) is 5.26 Å². The van der Waals surface area contributed by atoms with Crippen LogP contribution in [0.5, 0.6) is 0 Å². The van der Waals surface area contributed by atoms with Gasteiger partial charge >= 0.3 is 0 Å². The maximum Gasteiger partial charge on any atom is 0.266 e. The minimum Gasteiger partial charge on any atom is -0.360 e. The van der Waals surface area contributed by atoms with Crippen molar-refractivity contribution < 1.29 is 4.79 Å². The highest BCUT2D eigenvalue weighted by Crippen LogP contribution is 2.23. The Bertz CT molecular complexity index is 888. The molecule has 1 amide bonds. The molecule has 28 heavy (non-hydrogen) atoms. The van der Waals surface area contributed by atoms with Crippen molar-refractivity contribution in [2.45, 2.75) is 33.1 Å². The van der Waals surface area contributed by atoms with Crippen molar-refractivity contribution in [3.8, 4) is 6.07 Å². The van der Waals surface area contributed by atoms with Crippen LogP contribution < -0.4 is 5.32 Å². The summed E-state index contributed by atoms with van der Waals surface area (Å²) in [5, 5.41) is 12.5. The zero-order valence-electron chi connectivity index (χ0n) is 16.6. The Morgan fingerprint density at radius 2 is 1.86 bits per heavy atom. The van der Waals surface area contributed by atoms with Gasteiger partial charge in [-0.2, -0.15) is 5.26 Å². The molecule has 4 nitrogen and oxygen atoms in total. The van der Waals surface area contributed by atoms with E-state index in [1.807, 2.05) is 31.2 Å². The molecule has 0 spiro atoms. The SMILES string of the molecule is Cc1ccc(N/C=C(/C#N)C(=O)N2CCC(Cc3ccccc3)CC2)cc1C. The number of likely N-dealkylation sites (tertiary alicyclic amines) is 1. The third kappa shape index (κ3) is 5.01. The monoisotopic (exact) mass is 373 g/mol. The molecule has 1 heterocycles. The third-order valence-corrected chi connectivity index (χ3v) is 5.51. The first-order valence-electron chi connectivity index (χ1n) is 9.84. The molecule has 0 aliphatic carbocycles. The first-order valence-corrected chi connectivity index (χ1v) is 9.84. The Balaban J connectivity index is 1.56. The highest BCUT2D eigenvalue weighted by atomic mass is 16.2. The fraction of sp³-hybridized carbons (Fsp3) is 0.333. The predicted molar refractivity (Wildman–Crippen MR) is 113 cm³/mol. The van der Waals surface area contributed by atoms with Gasteiger partial charge in [0.15, 0.2) is 0 Å². The summed E-state index contributed by atoms with van der Waals surface area (Å²) in [6.45, 7) is 5.51. The van der Waals surface area contributed by atoms with E-state index in [-0.39, 0.29) is 11.5 Å². The van der Waals surface area contributed by atoms with Crippen molar-refractivity contribution in [3.63, 3.8) is 0 Å². The number of amides is 1. The van der Waals surface area contributed by atoms with Crippen LogP contribution in [0.2, 0.25) is 0 Å². The van der Waals surface area contributed by atoms with E-state index < -0.39 is 0 Å². The molecule has 2 aromatic carbocycles. The normalized spacial score (nSPS) is 15.2. The van der Waals surface area contributed by atoms with Gasteiger partial charge in [-0.15, -0.1) is 0 Å². The summed E-state index contributed by atoms with van der Waals surface area (Å²) in [7, 11) is 0. The number of hydrogen-bond acceptors (Lipinski definition) is 3. The van der Waals surface area contributed by atoms with Crippen LogP contribution in [0.15, 0.2) is 60.3 Å². The lowest BCUT2D eigenvalue weighted by Gasteiger charge is -2.32. The molecule has 0 saturated carbocycles. The largest absolute Gasteiger partial charge is 0.360 e. The number of nitrogens with one attached hydrogen (secondary N) is 1. The molecule has 3 rings (SSSR count). The van der Waals surface area contributed by atoms with Crippen LogP contribution in [0.3, 0.4) is 0 Å². The van der Waals surface area contributed by atoms with Crippen LogP contribution in [0.1, 0.15) is 29.5 Å². The van der Waals surface area contributed by atoms with E-state index in [4.69, 9.17) is 0 Å². The van der Waals surface area contributed by atoms with Crippen molar-refractivity contribution >= 4 is 11.6 Å². The van der Waals surface area contributed by atoms with Crippen LogP contribution in [-0.4, -0.2) is 23.9 Å². The van der Waals surface area contributed by atoms with Gasteiger partial charge in [-0.25, -0.2) is 0 Å². The fourth-order valence-corrected chi connectivity index (χ4v) is 3.59. The molecular formula is C24H27N3O. The van der Waals surface area contributed by atoms with Gasteiger partial charge in [0.2, 0.25) is 0 Å². The van der Waals surface area contributed by atoms with Crippen LogP contribution in [0.4, 0.5) is 5.69 Å². The van der Waals surface area contributed by atoms with Gasteiger partial charge in [-0.1, -0.05) is 36.4 Å². The molecule has 1 aliphatic heterocycles. The first-order chi connectivity index (χ1) is 13.6. The summed E-state index contributed by atoms with van der Waals surface area (Å²) in [5.41, 5.74) is 4.76. The van der Waals surface area contributed by atoms with Gasteiger partial charge in [0.25, 0.3) is 5.91 Å². The number of carbonyl (C=O) groups excluding carboxylic acids is 1. The number of piperidine rings is 1. The van der Waals surface area contributed by atoms with E-state index in [1.165, 1.54) is 22.9 Å². The van der Waals surface area contributed by atoms with Gasteiger partial charge in [0.1, 0.15) is 11.6 Å². The summed E-state index contributed by atoms with van der Waals surface area (Å²) >= 11 is 0. The summed E-state index contributed by atoms with van der Waals surface area (Å²) < 4.78 is 0. The summed E-state index contributed by atoms with van der Waals surface area (Å²) in [4.78, 5) is 14.5. The van der Waals surface area contributed by atoms with E-state index in [0.29, 0.717) is 19.0 Å². The molecule has 2 aromatic rings. The quantitative estimate of drug-likeness (QED) is 0.615. The van der Waals surface area contributed by atoms with Gasteiger partial charge in [-0.05, 0) is 67.9 Å². The molecule has 1 aliphatic rings. The number of nitrogens with zero attached hydrogens (tertiary/aromatic N) is 2. The lowest BCUT2D eigenvalue weighted by atomic mass is 9.90. The number of aryl methyl sites for hydroxylation is 2. The number of hydrogen-bond donors (Lipinski definition) is 1. The molecule has 0 radical (unpaired) electrons. The Hall–Kier alpha value is -3.06. The maximum absolute atomic E-state index is 12.7. The minimum atomic E-state index is -0.183. The van der Waals surface area contributed by atoms with Gasteiger partial charge in [-0.3, -0.25) is 4.79 Å². The van der Waals surface area contributed by atoms with E-state index in [2.05, 4.69) is 42.6 Å². The highest BCUT2D eigenvalue weighted by molar-refractivity contribution is 5.97. The average molecular weight is 374 g/mol. The summed E-state index contributed by atoms with van der Waals surface area (Å²) in [6.07, 6.45) is 4.54. The number of nitriles is 1. The van der Waals surface area contributed by atoms with E-state index >= 15 is 0 Å². The second-order valence-electron chi connectivity index (χ2n) is 7.54. The van der Waals surface area contributed by atoms with E-state index in [9.17, 15) is 10.1 Å². The van der Waals surface area contributed by atoms with Crippen molar-refractivity contribution in [2.75, 3.05) is 18.4 Å². The van der Waals surface area contributed by atoms with E-state index in [1.54, 1.807) is 4.90 Å². The molecule has 144 valence electrons. The Kier molecular flexibility index (Phi) is 6.49. The topological polar surface area (TPSA) is 56.1 Å². The molecule has 0 bridgehead atoms. The average Bonchev–Trinajstić information content (AvgIpc) is 2.72. The third-order valence-electron chi connectivity index (χ3n) is 5.51. The smallest absolute Gasteiger partial charge is 0.266 e. The molecule has 0 aromatic heterocycles. The van der Waals surface area contributed by atoms with Gasteiger partial charge < -0.3 is 10.2 Å². The summed E-state index contributed by atoms with van der Waals surface area (Å²) in [5.74, 6) is 0.409. The van der Waals surface area contributed by atoms with Crippen LogP contribution in [0.25, 0.3) is 0 Å². The maximum atomic E-state index is 12.7. The van der Waals surface area contributed by atoms with E-state index in [0.717, 1.165) is 24.9 Å². The Morgan fingerprint density at radius 3 is 2.50 bits per heavy atom. The fourth-order valence-electron chi connectivity index (χ4n) is 3.59. The lowest BCUT2D eigenvalue weighted by Crippen LogP contribution is -2.39. The molecule has 1 fully saturated rings. The van der Waals surface area contributed by atoms with Crippen LogP contribution in [0, 0.1) is 31.1 Å². The van der Waals surface area contributed by atoms with Crippen LogP contribution in [-0.2, 0) is 11.2 Å². The van der Waals surface area contributed by atoms with Gasteiger partial charge in [0, 0.05) is 25.0 Å². The van der Waals surface area contributed by atoms with Crippen molar-refractivity contribution in [2.24, 2.45) is 5.92 Å². The zero-order valence-corrected chi connectivity index (χ0v) is 16.6. The van der Waals surface area contributed by atoms with Crippen molar-refractivity contribution in [3.05, 3.63) is 77.0 Å². The lowest BCUT2D eigenvalue weighted by molar-refractivity contribution is -0.128. The summed E-state index contributed by atoms with van der Waals surface area (Å²) in [6, 6.07) is 18.5. The molecule has 0 atom stereocenters. The van der Waals surface area contributed by atoms with Gasteiger partial charge in [0.05, 0.1) is 0 Å². The predicted octanol–water partition coefficient (Wildman–Crippen LogP) is 4.60. The first kappa shape index (κ1) is 19.7. The van der Waals surface area contributed by atoms with Crippen LogP contribution >= 0.6 is 0 Å². The van der Waals surface area contributed by atoms with Crippen molar-refractivity contribution in [1.82, 2.24) is 4.90 Å². The second kappa shape index (κ2) is 9.23. The zero-order chi connectivity index (χ0) is 19.9. The Morgan fingerprint density at radius 1 is 1.14 bits per heavy atom. The number of anilines is 1. The highest BCUT2D eigenvalue weighted by Gasteiger charge is 2.25. The standard InChI is InChI=1S/C24H27N3O/c1-18-8-9-23(14-19(18)2)26-17-22(16-25)24(28)27-12-10-21(11-13-27)15-20-6-4-3-5-7-20/h3-9,14,17,21,26H,10-13,15H2,1-2H3/b22-17-. The number of rotatable bonds is 5. The molecule has 1 saturated heterocycles. The Labute approximate surface area is 167 Å². The number of carbonyl (C=O) groups is 1. The molecule has 1 N–H and O–H groups in total.